The van der Waals surface area contributed by atoms with Crippen molar-refractivity contribution in [2.75, 3.05) is 6.61 Å². The molecule has 1 rings (SSSR count). The summed E-state index contributed by atoms with van der Waals surface area (Å²) in [6.45, 7) is 3.60. The molecule has 0 heterocycles. The maximum absolute atomic E-state index is 9.15. The molecule has 0 radical (unpaired) electrons. The first-order chi connectivity index (χ1) is 6.51. The number of aliphatic hydroxyl groups is 2. The molecule has 0 amide bonds. The zero-order valence-electron chi connectivity index (χ0n) is 8.62. The first-order valence-electron chi connectivity index (χ1n) is 4.62. The van der Waals surface area contributed by atoms with Gasteiger partial charge in [0.2, 0.25) is 0 Å². The van der Waals surface area contributed by atoms with Crippen molar-refractivity contribution in [3.05, 3.63) is 34.9 Å². The number of rotatable bonds is 3. The summed E-state index contributed by atoms with van der Waals surface area (Å²) in [6, 6.07) is 5.60. The lowest BCUT2D eigenvalue weighted by molar-refractivity contribution is 0.209. The Kier molecular flexibility index (Phi) is 3.26. The highest BCUT2D eigenvalue weighted by Gasteiger charge is 2.22. The summed E-state index contributed by atoms with van der Waals surface area (Å²) in [5.41, 5.74) is 7.91. The zero-order chi connectivity index (χ0) is 10.8. The van der Waals surface area contributed by atoms with Gasteiger partial charge in [-0.2, -0.15) is 0 Å². The Bertz CT molecular complexity index is 321. The van der Waals surface area contributed by atoms with Gasteiger partial charge in [0, 0.05) is 0 Å². The van der Waals surface area contributed by atoms with Crippen molar-refractivity contribution in [2.24, 2.45) is 5.73 Å². The molecule has 14 heavy (non-hydrogen) atoms. The summed E-state index contributed by atoms with van der Waals surface area (Å²) in [6.07, 6.45) is 0. The lowest BCUT2D eigenvalue weighted by Gasteiger charge is -2.25. The fourth-order valence-electron chi connectivity index (χ4n) is 1.47. The van der Waals surface area contributed by atoms with Crippen molar-refractivity contribution in [1.82, 2.24) is 0 Å². The number of aliphatic hydroxyl groups excluding tert-OH is 2. The van der Waals surface area contributed by atoms with E-state index in [4.69, 9.17) is 15.9 Å². The van der Waals surface area contributed by atoms with Crippen LogP contribution in [0, 0.1) is 6.92 Å². The molecule has 1 aromatic carbocycles. The van der Waals surface area contributed by atoms with Gasteiger partial charge in [0.25, 0.3) is 0 Å². The van der Waals surface area contributed by atoms with Crippen LogP contribution in [0.25, 0.3) is 0 Å². The molecule has 1 aromatic rings. The van der Waals surface area contributed by atoms with E-state index in [2.05, 4.69) is 0 Å². The van der Waals surface area contributed by atoms with Crippen LogP contribution in [0.2, 0.25) is 0 Å². The van der Waals surface area contributed by atoms with Gasteiger partial charge >= 0.3 is 0 Å². The molecule has 0 bridgehead atoms. The minimum Gasteiger partial charge on any atom is -0.394 e. The molecule has 0 aromatic heterocycles. The van der Waals surface area contributed by atoms with E-state index in [9.17, 15) is 0 Å². The molecule has 0 spiro atoms. The molecular formula is C11H17NO2. The third-order valence-corrected chi connectivity index (χ3v) is 2.43. The highest BCUT2D eigenvalue weighted by atomic mass is 16.3. The van der Waals surface area contributed by atoms with Crippen molar-refractivity contribution >= 4 is 0 Å². The second-order valence-electron chi connectivity index (χ2n) is 3.88. The van der Waals surface area contributed by atoms with Gasteiger partial charge in [0.1, 0.15) is 0 Å². The number of nitrogens with two attached hydrogens (primary N) is 1. The highest BCUT2D eigenvalue weighted by Crippen LogP contribution is 2.22. The smallest absolute Gasteiger partial charge is 0.0681 e. The second kappa shape index (κ2) is 4.09. The van der Waals surface area contributed by atoms with Crippen LogP contribution in [0.5, 0.6) is 0 Å². The molecule has 1 unspecified atom stereocenters. The molecule has 78 valence electrons. The quantitative estimate of drug-likeness (QED) is 0.663. The number of hydrogen-bond donors (Lipinski definition) is 3. The molecule has 0 saturated heterocycles. The lowest BCUT2D eigenvalue weighted by atomic mass is 9.89. The van der Waals surface area contributed by atoms with Crippen LogP contribution < -0.4 is 5.73 Å². The molecule has 0 aliphatic rings. The summed E-state index contributed by atoms with van der Waals surface area (Å²) < 4.78 is 0. The van der Waals surface area contributed by atoms with E-state index in [0.717, 1.165) is 16.7 Å². The van der Waals surface area contributed by atoms with Gasteiger partial charge in [-0.3, -0.25) is 0 Å². The van der Waals surface area contributed by atoms with E-state index in [0.29, 0.717) is 0 Å². The van der Waals surface area contributed by atoms with Crippen molar-refractivity contribution in [1.29, 1.82) is 0 Å². The number of aryl methyl sites for hydroxylation is 1. The minimum absolute atomic E-state index is 0.00517. The molecule has 4 N–H and O–H groups in total. The Morgan fingerprint density at radius 2 is 2.00 bits per heavy atom. The van der Waals surface area contributed by atoms with Gasteiger partial charge in [-0.15, -0.1) is 0 Å². The first kappa shape index (κ1) is 11.2. The van der Waals surface area contributed by atoms with Gasteiger partial charge in [0.05, 0.1) is 18.8 Å². The monoisotopic (exact) mass is 195 g/mol. The summed E-state index contributed by atoms with van der Waals surface area (Å²) in [4.78, 5) is 0. The molecule has 3 nitrogen and oxygen atoms in total. The van der Waals surface area contributed by atoms with Crippen molar-refractivity contribution < 1.29 is 10.2 Å². The van der Waals surface area contributed by atoms with Crippen LogP contribution in [-0.2, 0) is 12.1 Å². The minimum atomic E-state index is -0.741. The molecule has 0 fully saturated rings. The Balaban J connectivity index is 3.18. The van der Waals surface area contributed by atoms with E-state index in [1.807, 2.05) is 25.1 Å². The Morgan fingerprint density at radius 3 is 2.50 bits per heavy atom. The van der Waals surface area contributed by atoms with Gasteiger partial charge in [-0.05, 0) is 30.5 Å². The van der Waals surface area contributed by atoms with Crippen molar-refractivity contribution in [3.8, 4) is 0 Å². The summed E-state index contributed by atoms with van der Waals surface area (Å²) in [5, 5.41) is 18.1. The van der Waals surface area contributed by atoms with Crippen LogP contribution in [0.1, 0.15) is 23.6 Å². The van der Waals surface area contributed by atoms with Crippen LogP contribution >= 0.6 is 0 Å². The van der Waals surface area contributed by atoms with Gasteiger partial charge in [-0.25, -0.2) is 0 Å². The van der Waals surface area contributed by atoms with Crippen LogP contribution in [-0.4, -0.2) is 16.8 Å². The zero-order valence-corrected chi connectivity index (χ0v) is 8.62. The Labute approximate surface area is 84.2 Å². The van der Waals surface area contributed by atoms with E-state index in [1.165, 1.54) is 0 Å². The molecule has 1 atom stereocenters. The fourth-order valence-corrected chi connectivity index (χ4v) is 1.47. The first-order valence-corrected chi connectivity index (χ1v) is 4.62. The van der Waals surface area contributed by atoms with E-state index < -0.39 is 5.54 Å². The molecule has 0 aliphatic heterocycles. The maximum atomic E-state index is 9.15. The summed E-state index contributed by atoms with van der Waals surface area (Å²) in [5.74, 6) is 0. The SMILES string of the molecule is Cc1ccc(CO)cc1C(C)(N)CO. The molecular weight excluding hydrogens is 178 g/mol. The third-order valence-electron chi connectivity index (χ3n) is 2.43. The van der Waals surface area contributed by atoms with Crippen molar-refractivity contribution in [2.45, 2.75) is 26.0 Å². The Hall–Kier alpha value is -0.900. The predicted octanol–water partition coefficient (Wildman–Crippen LogP) is 0.654. The molecule has 3 heteroatoms. The highest BCUT2D eigenvalue weighted by molar-refractivity contribution is 5.35. The summed E-state index contributed by atoms with van der Waals surface area (Å²) >= 11 is 0. The average molecular weight is 195 g/mol. The van der Waals surface area contributed by atoms with Gasteiger partial charge < -0.3 is 15.9 Å². The van der Waals surface area contributed by atoms with Crippen LogP contribution in [0.15, 0.2) is 18.2 Å². The fraction of sp³-hybridized carbons (Fsp3) is 0.455. The predicted molar refractivity (Wildman–Crippen MR) is 55.7 cm³/mol. The summed E-state index contributed by atoms with van der Waals surface area (Å²) in [7, 11) is 0. The third kappa shape index (κ3) is 2.12. The normalized spacial score (nSPS) is 15.2. The number of hydrogen-bond acceptors (Lipinski definition) is 3. The molecule has 0 saturated carbocycles. The lowest BCUT2D eigenvalue weighted by Crippen LogP contribution is -2.37. The van der Waals surface area contributed by atoms with E-state index >= 15 is 0 Å². The standard InChI is InChI=1S/C11H17NO2/c1-8-3-4-9(6-13)5-10(8)11(2,12)7-14/h3-5,13-14H,6-7,12H2,1-2H3. The average Bonchev–Trinajstić information content (AvgIpc) is 2.18. The topological polar surface area (TPSA) is 66.5 Å². The second-order valence-corrected chi connectivity index (χ2v) is 3.88. The van der Waals surface area contributed by atoms with E-state index in [1.54, 1.807) is 6.92 Å². The Morgan fingerprint density at radius 1 is 1.36 bits per heavy atom. The van der Waals surface area contributed by atoms with Crippen LogP contribution in [0.4, 0.5) is 0 Å². The molecule has 0 aliphatic carbocycles. The van der Waals surface area contributed by atoms with Crippen molar-refractivity contribution in [3.63, 3.8) is 0 Å². The maximum Gasteiger partial charge on any atom is 0.0681 e. The van der Waals surface area contributed by atoms with E-state index in [-0.39, 0.29) is 13.2 Å². The largest absolute Gasteiger partial charge is 0.394 e. The van der Waals surface area contributed by atoms with Crippen LogP contribution in [0.3, 0.4) is 0 Å². The van der Waals surface area contributed by atoms with Gasteiger partial charge in [-0.1, -0.05) is 18.2 Å². The number of benzene rings is 1. The van der Waals surface area contributed by atoms with Gasteiger partial charge in [0.15, 0.2) is 0 Å².